The third-order valence-corrected chi connectivity index (χ3v) is 5.59. The van der Waals surface area contributed by atoms with E-state index in [4.69, 9.17) is 16.1 Å². The Bertz CT molecular complexity index is 1330. The number of alkyl halides is 9. The molecule has 1 saturated carbocycles. The van der Waals surface area contributed by atoms with E-state index in [-0.39, 0.29) is 33.0 Å². The van der Waals surface area contributed by atoms with E-state index >= 15 is 0 Å². The van der Waals surface area contributed by atoms with Crippen LogP contribution in [0.4, 0.5) is 39.5 Å². The summed E-state index contributed by atoms with van der Waals surface area (Å²) in [6, 6.07) is 3.83. The van der Waals surface area contributed by atoms with E-state index in [1.807, 2.05) is 0 Å². The number of nitrogens with zero attached hydrogens (tertiary/aromatic N) is 3. The molecule has 0 radical (unpaired) electrons. The van der Waals surface area contributed by atoms with Crippen molar-refractivity contribution in [2.24, 2.45) is 7.05 Å². The summed E-state index contributed by atoms with van der Waals surface area (Å²) in [5.74, 6) is -6.93. The van der Waals surface area contributed by atoms with Crippen molar-refractivity contribution >= 4 is 17.5 Å². The minimum atomic E-state index is -6.35. The first kappa shape index (κ1) is 25.9. The highest BCUT2D eigenvalue weighted by Gasteiger charge is 2.64. The Morgan fingerprint density at radius 2 is 1.78 bits per heavy atom. The second-order valence-corrected chi connectivity index (χ2v) is 8.28. The quantitative estimate of drug-likeness (QED) is 0.404. The molecule has 2 atom stereocenters. The van der Waals surface area contributed by atoms with Crippen LogP contribution in [0.15, 0.2) is 28.8 Å². The summed E-state index contributed by atoms with van der Waals surface area (Å²) < 4.78 is 126. The molecule has 1 amide bonds. The molecule has 1 aromatic carbocycles. The number of halogens is 10. The van der Waals surface area contributed by atoms with Crippen LogP contribution in [0.1, 0.15) is 28.0 Å². The lowest BCUT2D eigenvalue weighted by Crippen LogP contribution is -2.36. The minimum Gasteiger partial charge on any atom is -0.356 e. The summed E-state index contributed by atoms with van der Waals surface area (Å²) in [7, 11) is 0.732. The van der Waals surface area contributed by atoms with E-state index in [1.54, 1.807) is 0 Å². The SMILES string of the molecule is Cn1nc(C(F)(F)C(F)(F)F)c(C(F)(F)F)c1-c1cc(-c2ccc(Cl)c(C(=O)NC3CC3F)c2)on1. The van der Waals surface area contributed by atoms with Gasteiger partial charge in [0, 0.05) is 25.1 Å². The Morgan fingerprint density at radius 1 is 1.14 bits per heavy atom. The maximum atomic E-state index is 13.9. The van der Waals surface area contributed by atoms with E-state index < -0.39 is 59.0 Å². The van der Waals surface area contributed by atoms with Gasteiger partial charge in [0.15, 0.2) is 11.5 Å². The van der Waals surface area contributed by atoms with Crippen LogP contribution in [0, 0.1) is 0 Å². The molecule has 2 unspecified atom stereocenters. The van der Waals surface area contributed by atoms with Crippen LogP contribution < -0.4 is 5.32 Å². The van der Waals surface area contributed by atoms with E-state index in [2.05, 4.69) is 15.6 Å². The predicted molar refractivity (Wildman–Crippen MR) is 105 cm³/mol. The average Bonchev–Trinajstić information content (AvgIpc) is 3.13. The largest absolute Gasteiger partial charge is 0.459 e. The first-order valence-corrected chi connectivity index (χ1v) is 10.2. The van der Waals surface area contributed by atoms with Gasteiger partial charge in [0.05, 0.1) is 16.6 Å². The molecule has 1 aliphatic carbocycles. The summed E-state index contributed by atoms with van der Waals surface area (Å²) in [6.45, 7) is 0. The Morgan fingerprint density at radius 3 is 2.33 bits per heavy atom. The topological polar surface area (TPSA) is 73.0 Å². The molecule has 4 rings (SSSR count). The molecule has 1 aliphatic rings. The molecule has 16 heteroatoms. The van der Waals surface area contributed by atoms with Crippen molar-refractivity contribution in [2.75, 3.05) is 0 Å². The third-order valence-electron chi connectivity index (χ3n) is 5.26. The molecule has 1 N–H and O–H groups in total. The van der Waals surface area contributed by atoms with Gasteiger partial charge in [-0.1, -0.05) is 16.8 Å². The monoisotopic (exact) mass is 546 g/mol. The summed E-state index contributed by atoms with van der Waals surface area (Å²) in [5.41, 5.74) is -6.92. The fourth-order valence-electron chi connectivity index (χ4n) is 3.38. The normalized spacial score (nSPS) is 18.4. The van der Waals surface area contributed by atoms with Crippen LogP contribution >= 0.6 is 11.6 Å². The van der Waals surface area contributed by atoms with E-state index in [0.29, 0.717) is 0 Å². The average molecular weight is 547 g/mol. The van der Waals surface area contributed by atoms with Crippen LogP contribution in [-0.2, 0) is 19.1 Å². The standard InChI is InChI=1S/C20H12ClF9N4O2/c1-34-15(14(19(25,26)27)16(32-34)18(23,24)20(28,29)30)12-6-13(36-33-12)7-2-3-9(21)8(4-7)17(35)31-11-5-10(11)22/h2-4,6,10-11H,5H2,1H3,(H,31,35). The number of rotatable bonds is 5. The lowest BCUT2D eigenvalue weighted by molar-refractivity contribution is -0.292. The lowest BCUT2D eigenvalue weighted by Gasteiger charge is -2.19. The van der Waals surface area contributed by atoms with Crippen molar-refractivity contribution in [3.63, 3.8) is 0 Å². The van der Waals surface area contributed by atoms with Crippen LogP contribution in [0.2, 0.25) is 5.02 Å². The summed E-state index contributed by atoms with van der Waals surface area (Å²) >= 11 is 5.99. The highest BCUT2D eigenvalue weighted by molar-refractivity contribution is 6.34. The number of aromatic nitrogens is 3. The van der Waals surface area contributed by atoms with Crippen LogP contribution in [-0.4, -0.2) is 39.2 Å². The first-order valence-electron chi connectivity index (χ1n) is 9.83. The van der Waals surface area contributed by atoms with E-state index in [0.717, 1.165) is 19.2 Å². The highest BCUT2D eigenvalue weighted by Crippen LogP contribution is 2.50. The van der Waals surface area contributed by atoms with Gasteiger partial charge in [0.25, 0.3) is 5.91 Å². The predicted octanol–water partition coefficient (Wildman–Crippen LogP) is 5.91. The molecule has 0 spiro atoms. The van der Waals surface area contributed by atoms with Gasteiger partial charge in [0.1, 0.15) is 23.1 Å². The van der Waals surface area contributed by atoms with Crippen molar-refractivity contribution in [2.45, 2.75) is 36.9 Å². The zero-order valence-electron chi connectivity index (χ0n) is 17.6. The molecular formula is C20H12ClF9N4O2. The van der Waals surface area contributed by atoms with Crippen molar-refractivity contribution in [1.82, 2.24) is 20.3 Å². The zero-order valence-corrected chi connectivity index (χ0v) is 18.4. The first-order chi connectivity index (χ1) is 16.5. The lowest BCUT2D eigenvalue weighted by atomic mass is 10.0. The number of hydrogen-bond acceptors (Lipinski definition) is 4. The number of carbonyl (C=O) groups excluding carboxylic acids is 1. The maximum absolute atomic E-state index is 13.9. The zero-order chi connectivity index (χ0) is 26.8. The van der Waals surface area contributed by atoms with Gasteiger partial charge >= 0.3 is 18.3 Å². The Balaban J connectivity index is 1.76. The number of amides is 1. The Hall–Kier alpha value is -3.23. The van der Waals surface area contributed by atoms with Crippen molar-refractivity contribution in [3.8, 4) is 22.7 Å². The van der Waals surface area contributed by atoms with E-state index in [1.165, 1.54) is 12.1 Å². The molecule has 2 aromatic heterocycles. The van der Waals surface area contributed by atoms with Crippen LogP contribution in [0.3, 0.4) is 0 Å². The summed E-state index contributed by atoms with van der Waals surface area (Å²) in [5, 5.41) is 8.52. The molecule has 1 fully saturated rings. The molecule has 6 nitrogen and oxygen atoms in total. The van der Waals surface area contributed by atoms with Crippen molar-refractivity contribution < 1.29 is 48.8 Å². The van der Waals surface area contributed by atoms with E-state index in [9.17, 15) is 44.3 Å². The maximum Gasteiger partial charge on any atom is 0.459 e. The fourth-order valence-corrected chi connectivity index (χ4v) is 3.58. The van der Waals surface area contributed by atoms with Crippen LogP contribution in [0.25, 0.3) is 22.7 Å². The number of hydrogen-bond donors (Lipinski definition) is 1. The number of carbonyl (C=O) groups is 1. The molecule has 36 heavy (non-hydrogen) atoms. The number of aryl methyl sites for hydroxylation is 1. The molecular weight excluding hydrogens is 535 g/mol. The van der Waals surface area contributed by atoms with Crippen molar-refractivity contribution in [3.05, 3.63) is 46.1 Å². The molecule has 3 aromatic rings. The third kappa shape index (κ3) is 4.51. The van der Waals surface area contributed by atoms with Crippen LogP contribution in [0.5, 0.6) is 0 Å². The summed E-state index contributed by atoms with van der Waals surface area (Å²) in [6.07, 6.45) is -13.1. The van der Waals surface area contributed by atoms with Gasteiger partial charge in [-0.15, -0.1) is 0 Å². The summed E-state index contributed by atoms with van der Waals surface area (Å²) in [4.78, 5) is 12.3. The van der Waals surface area contributed by atoms with Gasteiger partial charge in [-0.3, -0.25) is 9.48 Å². The number of benzene rings is 1. The van der Waals surface area contributed by atoms with Gasteiger partial charge < -0.3 is 9.84 Å². The second kappa shape index (κ2) is 8.42. The van der Waals surface area contributed by atoms with Gasteiger partial charge in [-0.25, -0.2) is 4.39 Å². The molecule has 194 valence electrons. The molecule has 2 heterocycles. The van der Waals surface area contributed by atoms with Gasteiger partial charge in [-0.05, 0) is 18.2 Å². The minimum absolute atomic E-state index is 0.0444. The smallest absolute Gasteiger partial charge is 0.356 e. The highest BCUT2D eigenvalue weighted by atomic mass is 35.5. The van der Waals surface area contributed by atoms with Gasteiger partial charge in [0.2, 0.25) is 0 Å². The molecule has 0 bridgehead atoms. The second-order valence-electron chi connectivity index (χ2n) is 7.87. The molecule has 0 saturated heterocycles. The Labute approximate surface area is 200 Å². The van der Waals surface area contributed by atoms with Gasteiger partial charge in [-0.2, -0.15) is 40.2 Å². The van der Waals surface area contributed by atoms with Crippen molar-refractivity contribution in [1.29, 1.82) is 0 Å². The Kier molecular flexibility index (Phi) is 6.05. The molecule has 0 aliphatic heterocycles. The fraction of sp³-hybridized carbons (Fsp3) is 0.350. The number of nitrogens with one attached hydrogen (secondary N) is 1.